The number of rotatable bonds is 8. The van der Waals surface area contributed by atoms with Gasteiger partial charge in [0.15, 0.2) is 0 Å². The molecule has 1 N–H and O–H groups in total. The molecule has 2 amide bonds. The number of carbonyl (C=O) groups excluding carboxylic acids is 2. The fraction of sp³-hybridized carbons (Fsp3) is 0.333. The smallest absolute Gasteiger partial charge is 0.265 e. The van der Waals surface area contributed by atoms with Crippen LogP contribution in [-0.4, -0.2) is 48.8 Å². The Morgan fingerprint density at radius 1 is 1.14 bits per heavy atom. The van der Waals surface area contributed by atoms with Crippen molar-refractivity contribution >= 4 is 52.0 Å². The van der Waals surface area contributed by atoms with E-state index in [1.165, 1.54) is 35.3 Å². The van der Waals surface area contributed by atoms with Gasteiger partial charge < -0.3 is 15.1 Å². The van der Waals surface area contributed by atoms with E-state index in [4.69, 9.17) is 23.2 Å². The molecular weight excluding hydrogens is 501 g/mol. The molecule has 0 spiro atoms. The van der Waals surface area contributed by atoms with E-state index < -0.39 is 0 Å². The normalized spacial score (nSPS) is 16.0. The van der Waals surface area contributed by atoms with Gasteiger partial charge in [-0.05, 0) is 74.3 Å². The van der Waals surface area contributed by atoms with E-state index in [1.807, 2.05) is 11.0 Å². The molecule has 5 nitrogen and oxygen atoms in total. The minimum Gasteiger partial charge on any atom is -0.334 e. The second-order valence-electron chi connectivity index (χ2n) is 9.74. The molecule has 3 aromatic rings. The van der Waals surface area contributed by atoms with Gasteiger partial charge in [-0.15, -0.1) is 11.3 Å². The number of hydrogen-bond acceptors (Lipinski definition) is 4. The van der Waals surface area contributed by atoms with Crippen LogP contribution in [0.1, 0.15) is 49.6 Å². The zero-order valence-corrected chi connectivity index (χ0v) is 22.1. The topological polar surface area (TPSA) is 52.6 Å². The van der Waals surface area contributed by atoms with Gasteiger partial charge in [-0.1, -0.05) is 47.5 Å². The van der Waals surface area contributed by atoms with Gasteiger partial charge in [0.2, 0.25) is 0 Å². The maximum absolute atomic E-state index is 13.3. The Labute approximate surface area is 219 Å². The van der Waals surface area contributed by atoms with Gasteiger partial charge in [0.25, 0.3) is 11.8 Å². The highest BCUT2D eigenvalue weighted by Crippen LogP contribution is 2.48. The standard InChI is InChI=1S/C27H27Cl2N3O2S/c1-31(2)16-27(9-10-27)19-5-3-4-17(12-19)8-11-32-15-18-13-20(28)14-21(24(18)26(32)34)30-25(33)22-6-7-23(29)35-22/h3-7,12-14H,8-11,15-16H2,1-2H3,(H,30,33). The van der Waals surface area contributed by atoms with Crippen molar-refractivity contribution in [2.75, 3.05) is 32.5 Å². The van der Waals surface area contributed by atoms with Gasteiger partial charge in [-0.2, -0.15) is 0 Å². The molecule has 182 valence electrons. The Hall–Kier alpha value is -2.38. The third-order valence-electron chi connectivity index (χ3n) is 6.77. The zero-order chi connectivity index (χ0) is 24.7. The SMILES string of the molecule is CN(C)CC1(c2cccc(CCN3Cc4cc(Cl)cc(NC(=O)c5ccc(Cl)s5)c4C3=O)c2)CC1. The number of halogens is 2. The highest BCUT2D eigenvalue weighted by Gasteiger charge is 2.44. The predicted octanol–water partition coefficient (Wildman–Crippen LogP) is 6.10. The first-order valence-corrected chi connectivity index (χ1v) is 13.2. The van der Waals surface area contributed by atoms with E-state index in [1.54, 1.807) is 18.2 Å². The molecule has 1 saturated carbocycles. The second-order valence-corrected chi connectivity index (χ2v) is 11.9. The Morgan fingerprint density at radius 3 is 2.63 bits per heavy atom. The summed E-state index contributed by atoms with van der Waals surface area (Å²) in [6, 6.07) is 15.6. The number of anilines is 1. The minimum atomic E-state index is -0.304. The fourth-order valence-corrected chi connectivity index (χ4v) is 6.17. The van der Waals surface area contributed by atoms with Crippen molar-refractivity contribution in [3.63, 3.8) is 0 Å². The average molecular weight is 529 g/mol. The van der Waals surface area contributed by atoms with E-state index in [2.05, 4.69) is 48.6 Å². The van der Waals surface area contributed by atoms with Crippen molar-refractivity contribution in [2.24, 2.45) is 0 Å². The summed E-state index contributed by atoms with van der Waals surface area (Å²) in [5.41, 5.74) is 4.69. The molecule has 0 unspecified atom stereocenters. The molecule has 1 fully saturated rings. The summed E-state index contributed by atoms with van der Waals surface area (Å²) in [5.74, 6) is -0.389. The first-order chi connectivity index (χ1) is 16.7. The van der Waals surface area contributed by atoms with Gasteiger partial charge in [0.1, 0.15) is 0 Å². The van der Waals surface area contributed by atoms with Crippen molar-refractivity contribution in [1.29, 1.82) is 0 Å². The van der Waals surface area contributed by atoms with Crippen LogP contribution in [0, 0.1) is 0 Å². The molecule has 1 aliphatic heterocycles. The fourth-order valence-electron chi connectivity index (χ4n) is 4.99. The van der Waals surface area contributed by atoms with E-state index in [9.17, 15) is 9.59 Å². The average Bonchev–Trinajstić information content (AvgIpc) is 3.32. The van der Waals surface area contributed by atoms with Gasteiger partial charge >= 0.3 is 0 Å². The molecule has 2 aliphatic rings. The van der Waals surface area contributed by atoms with Crippen molar-refractivity contribution in [3.05, 3.63) is 85.0 Å². The third-order valence-corrected chi connectivity index (χ3v) is 8.22. The second kappa shape index (κ2) is 9.58. The number of amides is 2. The lowest BCUT2D eigenvalue weighted by atomic mass is 9.93. The van der Waals surface area contributed by atoms with Crippen LogP contribution in [0.2, 0.25) is 9.36 Å². The van der Waals surface area contributed by atoms with Crippen LogP contribution in [-0.2, 0) is 18.4 Å². The van der Waals surface area contributed by atoms with Crippen molar-refractivity contribution in [2.45, 2.75) is 31.2 Å². The summed E-state index contributed by atoms with van der Waals surface area (Å²) in [6.07, 6.45) is 3.22. The van der Waals surface area contributed by atoms with E-state index in [-0.39, 0.29) is 17.2 Å². The molecule has 1 aliphatic carbocycles. The van der Waals surface area contributed by atoms with Crippen LogP contribution in [0.5, 0.6) is 0 Å². The summed E-state index contributed by atoms with van der Waals surface area (Å²) in [4.78, 5) is 30.6. The Bertz CT molecular complexity index is 1300. The lowest BCUT2D eigenvalue weighted by molar-refractivity contribution is 0.0781. The molecule has 8 heteroatoms. The largest absolute Gasteiger partial charge is 0.334 e. The zero-order valence-electron chi connectivity index (χ0n) is 19.7. The van der Waals surface area contributed by atoms with E-state index in [0.29, 0.717) is 38.6 Å². The monoisotopic (exact) mass is 527 g/mol. The lowest BCUT2D eigenvalue weighted by Gasteiger charge is -2.21. The summed E-state index contributed by atoms with van der Waals surface area (Å²) in [6.45, 7) is 2.14. The van der Waals surface area contributed by atoms with Crippen LogP contribution in [0.3, 0.4) is 0 Å². The van der Waals surface area contributed by atoms with Gasteiger partial charge in [0.05, 0.1) is 20.5 Å². The molecule has 5 rings (SSSR count). The van der Waals surface area contributed by atoms with Gasteiger partial charge in [-0.25, -0.2) is 0 Å². The molecule has 2 aromatic carbocycles. The maximum Gasteiger partial charge on any atom is 0.265 e. The molecule has 0 atom stereocenters. The molecule has 1 aromatic heterocycles. The molecule has 0 radical (unpaired) electrons. The minimum absolute atomic E-state index is 0.0846. The van der Waals surface area contributed by atoms with E-state index >= 15 is 0 Å². The quantitative estimate of drug-likeness (QED) is 0.385. The predicted molar refractivity (Wildman–Crippen MR) is 143 cm³/mol. The lowest BCUT2D eigenvalue weighted by Crippen LogP contribution is -2.27. The molecule has 0 saturated heterocycles. The number of fused-ring (bicyclic) bond motifs is 1. The van der Waals surface area contributed by atoms with Crippen LogP contribution in [0.4, 0.5) is 5.69 Å². The Kier molecular flexibility index (Phi) is 6.66. The summed E-state index contributed by atoms with van der Waals surface area (Å²) >= 11 is 13.5. The summed E-state index contributed by atoms with van der Waals surface area (Å²) in [5, 5.41) is 3.35. The van der Waals surface area contributed by atoms with Crippen molar-refractivity contribution in [3.8, 4) is 0 Å². The van der Waals surface area contributed by atoms with Crippen LogP contribution in [0.15, 0.2) is 48.5 Å². The first-order valence-electron chi connectivity index (χ1n) is 11.7. The van der Waals surface area contributed by atoms with Crippen LogP contribution >= 0.6 is 34.5 Å². The number of thiophene rings is 1. The van der Waals surface area contributed by atoms with Crippen molar-refractivity contribution in [1.82, 2.24) is 9.80 Å². The third kappa shape index (κ3) is 5.12. The number of benzene rings is 2. The first kappa shape index (κ1) is 24.3. The highest BCUT2D eigenvalue weighted by molar-refractivity contribution is 7.18. The van der Waals surface area contributed by atoms with E-state index in [0.717, 1.165) is 18.5 Å². The highest BCUT2D eigenvalue weighted by atomic mass is 35.5. The molecular formula is C27H27Cl2N3O2S. The molecule has 2 heterocycles. The maximum atomic E-state index is 13.3. The van der Waals surface area contributed by atoms with Crippen LogP contribution < -0.4 is 5.32 Å². The number of carbonyl (C=O) groups is 2. The molecule has 0 bridgehead atoms. The number of nitrogens with one attached hydrogen (secondary N) is 1. The Morgan fingerprint density at radius 2 is 1.94 bits per heavy atom. The van der Waals surface area contributed by atoms with Crippen molar-refractivity contribution < 1.29 is 9.59 Å². The number of hydrogen-bond donors (Lipinski definition) is 1. The summed E-state index contributed by atoms with van der Waals surface area (Å²) in [7, 11) is 4.25. The van der Waals surface area contributed by atoms with Crippen LogP contribution in [0.25, 0.3) is 0 Å². The number of likely N-dealkylation sites (N-methyl/N-ethyl adjacent to an activating group) is 1. The van der Waals surface area contributed by atoms with Gasteiger partial charge in [-0.3, -0.25) is 9.59 Å². The number of nitrogens with zero attached hydrogens (tertiary/aromatic N) is 2. The summed E-state index contributed by atoms with van der Waals surface area (Å²) < 4.78 is 0.534. The van der Waals surface area contributed by atoms with Gasteiger partial charge in [0, 0.05) is 30.1 Å². The molecule has 35 heavy (non-hydrogen) atoms. The Balaban J connectivity index is 1.29.